The second-order valence-electron chi connectivity index (χ2n) is 14.6. The fraction of sp³-hybridized carbons (Fsp3) is 0.175. The normalized spacial score (nSPS) is 13.2. The van der Waals surface area contributed by atoms with Crippen molar-refractivity contribution in [2.45, 2.75) is 45.7 Å². The lowest BCUT2D eigenvalue weighted by molar-refractivity contribution is -0.146. The topological polar surface area (TPSA) is 219 Å². The Morgan fingerprint density at radius 2 is 0.770 bits per heavy atom. The van der Waals surface area contributed by atoms with Gasteiger partial charge in [-0.15, -0.1) is 30.6 Å². The van der Waals surface area contributed by atoms with E-state index in [-0.39, 0.29) is 40.6 Å². The maximum absolute atomic E-state index is 12.8. The molecule has 9 aromatic rings. The summed E-state index contributed by atoms with van der Waals surface area (Å²) in [4.78, 5) is 49.6. The summed E-state index contributed by atoms with van der Waals surface area (Å²) in [6.07, 6.45) is -4.73. The molecule has 3 aliphatic rings. The van der Waals surface area contributed by atoms with Crippen LogP contribution in [-0.2, 0) is 6.18 Å². The Bertz CT molecular complexity index is 3350. The molecule has 0 aliphatic heterocycles. The van der Waals surface area contributed by atoms with E-state index in [4.69, 9.17) is 0 Å². The largest absolute Gasteiger partial charge is 0.453 e. The van der Waals surface area contributed by atoms with Crippen LogP contribution < -0.4 is 0 Å². The predicted molar refractivity (Wildman–Crippen MR) is 206 cm³/mol. The number of rotatable bonds is 2. The molecule has 0 saturated heterocycles. The standard InChI is InChI=1S/2C14H11N5O.C12H4F3N5O/c1-7(2)13-16-17-14-15-11-10(18-19(13)14)8-5-3-4-6-9(8)12(11)20;1-7(2)13-16-17-14-15-10-8-5-3-4-6-9(8)12(20)11(10)18-19(13)14;13-12(14,15)10-17-18-11-16-7-5-3-1-2-4-6(5)9(21)8(7)19-20(10)11/h2*3-7H,1-2H3;1-4H. The van der Waals surface area contributed by atoms with Crippen LogP contribution in [0.15, 0.2) is 72.8 Å². The van der Waals surface area contributed by atoms with Crippen molar-refractivity contribution in [2.24, 2.45) is 0 Å². The third-order valence-corrected chi connectivity index (χ3v) is 10.0. The van der Waals surface area contributed by atoms with Crippen molar-refractivity contribution in [1.82, 2.24) is 74.4 Å². The minimum atomic E-state index is -4.73. The SMILES string of the molecule is CC(C)c1nnc2nc3c(nn12)-c1ccccc1C3=O.CC(C)c1nnc2nc3c(nn12)C(=O)c1ccccc1-3.O=C1c2ccccc2-c2nc3nnc(C(F)(F)F)n3nc21. The van der Waals surface area contributed by atoms with Gasteiger partial charge >= 0.3 is 6.18 Å². The second kappa shape index (κ2) is 13.5. The second-order valence-corrected chi connectivity index (χ2v) is 14.6. The molecule has 6 aromatic heterocycles. The highest BCUT2D eigenvalue weighted by molar-refractivity contribution is 6.21. The van der Waals surface area contributed by atoms with Gasteiger partial charge in [0.2, 0.25) is 17.3 Å². The summed E-state index contributed by atoms with van der Waals surface area (Å²) < 4.78 is 42.0. The van der Waals surface area contributed by atoms with Gasteiger partial charge in [-0.05, 0) is 0 Å². The third-order valence-electron chi connectivity index (χ3n) is 10.0. The van der Waals surface area contributed by atoms with E-state index in [9.17, 15) is 27.6 Å². The number of benzene rings is 3. The van der Waals surface area contributed by atoms with Crippen LogP contribution in [0, 0.1) is 0 Å². The number of alkyl halides is 3. The third kappa shape index (κ3) is 5.75. The summed E-state index contributed by atoms with van der Waals surface area (Å²) in [6.45, 7) is 8.04. The first-order valence-electron chi connectivity index (χ1n) is 18.7. The van der Waals surface area contributed by atoms with Crippen molar-refractivity contribution in [3.05, 3.63) is 124 Å². The lowest BCUT2D eigenvalue weighted by Crippen LogP contribution is -2.14. The first-order valence-corrected chi connectivity index (χ1v) is 18.7. The molecule has 3 aliphatic carbocycles. The van der Waals surface area contributed by atoms with E-state index in [0.29, 0.717) is 66.9 Å². The van der Waals surface area contributed by atoms with E-state index >= 15 is 0 Å². The molecule has 0 bridgehead atoms. The number of hydrogen-bond acceptors (Lipinski definition) is 15. The molecule has 6 heterocycles. The van der Waals surface area contributed by atoms with Gasteiger partial charge in [0.15, 0.2) is 23.0 Å². The van der Waals surface area contributed by atoms with Gasteiger partial charge in [0.1, 0.15) is 22.8 Å². The Hall–Kier alpha value is -8.10. The van der Waals surface area contributed by atoms with Crippen molar-refractivity contribution in [3.8, 4) is 33.8 Å². The molecule has 0 radical (unpaired) electrons. The Morgan fingerprint density at radius 1 is 0.426 bits per heavy atom. The Labute approximate surface area is 339 Å². The number of nitrogens with zero attached hydrogens (tertiary/aromatic N) is 15. The monoisotopic (exact) mass is 821 g/mol. The van der Waals surface area contributed by atoms with Crippen molar-refractivity contribution in [2.75, 3.05) is 0 Å². The van der Waals surface area contributed by atoms with Crippen LogP contribution >= 0.6 is 0 Å². The molecule has 0 saturated carbocycles. The van der Waals surface area contributed by atoms with Crippen LogP contribution in [0.3, 0.4) is 0 Å². The lowest BCUT2D eigenvalue weighted by atomic mass is 10.1. The van der Waals surface area contributed by atoms with E-state index in [1.165, 1.54) is 0 Å². The minimum Gasteiger partial charge on any atom is -0.287 e. The molecule has 21 heteroatoms. The summed E-state index contributed by atoms with van der Waals surface area (Å²) in [7, 11) is 0. The van der Waals surface area contributed by atoms with Crippen molar-refractivity contribution in [1.29, 1.82) is 0 Å². The molecule has 0 N–H and O–H groups in total. The van der Waals surface area contributed by atoms with Crippen molar-refractivity contribution >= 4 is 34.7 Å². The van der Waals surface area contributed by atoms with Gasteiger partial charge in [0.25, 0.3) is 23.2 Å². The van der Waals surface area contributed by atoms with Gasteiger partial charge in [-0.1, -0.05) is 100 Å². The number of hydrogen-bond donors (Lipinski definition) is 0. The zero-order valence-electron chi connectivity index (χ0n) is 32.1. The van der Waals surface area contributed by atoms with Gasteiger partial charge < -0.3 is 0 Å². The molecule has 12 rings (SSSR count). The van der Waals surface area contributed by atoms with Crippen LogP contribution in [-0.4, -0.2) is 91.7 Å². The van der Waals surface area contributed by atoms with Gasteiger partial charge in [-0.3, -0.25) is 14.4 Å². The number of carbonyl (C=O) groups is 3. The molecule has 0 amide bonds. The Morgan fingerprint density at radius 3 is 1.21 bits per heavy atom. The highest BCUT2D eigenvalue weighted by Crippen LogP contribution is 2.37. The zero-order valence-corrected chi connectivity index (χ0v) is 32.1. The lowest BCUT2D eigenvalue weighted by Gasteiger charge is -2.03. The number of halogens is 3. The molecule has 0 atom stereocenters. The minimum absolute atomic E-state index is 0.0894. The molecule has 3 aromatic carbocycles. The molecular formula is C40H26F3N15O3. The van der Waals surface area contributed by atoms with Crippen LogP contribution in [0.1, 0.15) is 105 Å². The van der Waals surface area contributed by atoms with E-state index < -0.39 is 17.8 Å². The number of fused-ring (bicyclic) bond motifs is 12. The average Bonchev–Trinajstić information content (AvgIpc) is 4.11. The Kier molecular flexibility index (Phi) is 8.21. The molecule has 300 valence electrons. The summed E-state index contributed by atoms with van der Waals surface area (Å²) in [6, 6.07) is 21.4. The molecule has 61 heavy (non-hydrogen) atoms. The maximum atomic E-state index is 12.8. The zero-order chi connectivity index (χ0) is 42.5. The first kappa shape index (κ1) is 37.2. The molecule has 0 fully saturated rings. The summed E-state index contributed by atoms with van der Waals surface area (Å²) in [5, 5.41) is 35.3. The van der Waals surface area contributed by atoms with Gasteiger partial charge in [0, 0.05) is 45.2 Å². The van der Waals surface area contributed by atoms with Crippen LogP contribution in [0.25, 0.3) is 51.1 Å². The summed E-state index contributed by atoms with van der Waals surface area (Å²) in [5.74, 6) is 0.338. The van der Waals surface area contributed by atoms with Gasteiger partial charge in [0.05, 0.1) is 0 Å². The quantitative estimate of drug-likeness (QED) is 0.211. The van der Waals surface area contributed by atoms with E-state index in [1.807, 2.05) is 64.1 Å². The van der Waals surface area contributed by atoms with E-state index in [1.54, 1.807) is 45.4 Å². The molecule has 0 unspecified atom stereocenters. The smallest absolute Gasteiger partial charge is 0.287 e. The summed E-state index contributed by atoms with van der Waals surface area (Å²) in [5.41, 5.74) is 5.87. The van der Waals surface area contributed by atoms with Crippen LogP contribution in [0.2, 0.25) is 0 Å². The maximum Gasteiger partial charge on any atom is 0.453 e. The van der Waals surface area contributed by atoms with Crippen molar-refractivity contribution in [3.63, 3.8) is 0 Å². The molecule has 18 nitrogen and oxygen atoms in total. The average molecular weight is 822 g/mol. The van der Waals surface area contributed by atoms with Gasteiger partial charge in [-0.25, -0.2) is 15.0 Å². The van der Waals surface area contributed by atoms with Crippen LogP contribution in [0.4, 0.5) is 13.2 Å². The van der Waals surface area contributed by atoms with E-state index in [0.717, 1.165) is 17.0 Å². The van der Waals surface area contributed by atoms with E-state index in [2.05, 4.69) is 60.8 Å². The molecular weight excluding hydrogens is 796 g/mol. The number of ketones is 3. The fourth-order valence-corrected chi connectivity index (χ4v) is 7.20. The van der Waals surface area contributed by atoms with Crippen molar-refractivity contribution < 1.29 is 27.6 Å². The highest BCUT2D eigenvalue weighted by atomic mass is 19.4. The Balaban J connectivity index is 0.000000110. The predicted octanol–water partition coefficient (Wildman–Crippen LogP) is 5.46. The fourth-order valence-electron chi connectivity index (χ4n) is 7.20. The van der Waals surface area contributed by atoms with Crippen LogP contribution in [0.5, 0.6) is 0 Å². The number of carbonyl (C=O) groups excluding carboxylic acids is 3. The summed E-state index contributed by atoms with van der Waals surface area (Å²) >= 11 is 0. The highest BCUT2D eigenvalue weighted by Gasteiger charge is 2.40. The van der Waals surface area contributed by atoms with Gasteiger partial charge in [-0.2, -0.15) is 42.0 Å². The molecule has 0 spiro atoms. The first-order chi connectivity index (χ1) is 29.3. The number of aromatic nitrogens is 15.